The maximum atomic E-state index is 12.1. The molecule has 0 amide bonds. The monoisotopic (exact) mass is 714 g/mol. The molecule has 282 valence electrons. The van der Waals surface area contributed by atoms with Gasteiger partial charge in [-0.25, -0.2) is 4.79 Å². The Morgan fingerprint density at radius 3 is 2.12 bits per heavy atom. The van der Waals surface area contributed by atoms with Crippen LogP contribution in [0, 0.1) is 11.3 Å². The van der Waals surface area contributed by atoms with Gasteiger partial charge in [-0.3, -0.25) is 9.59 Å². The third-order valence-electron chi connectivity index (χ3n) is 11.8. The number of ether oxygens (including phenoxy) is 4. The Morgan fingerprint density at radius 1 is 0.885 bits per heavy atom. The number of hydrogen-bond donors (Lipinski definition) is 1. The maximum absolute atomic E-state index is 12.1. The molecule has 4 aliphatic rings. The first-order valence-electron chi connectivity index (χ1n) is 19.3. The lowest BCUT2D eigenvalue weighted by atomic mass is 9.87. The highest BCUT2D eigenvalue weighted by Gasteiger charge is 2.65. The number of benzene rings is 3. The Bertz CT molecular complexity index is 1700. The second-order valence-corrected chi connectivity index (χ2v) is 16.1. The van der Waals surface area contributed by atoms with Crippen LogP contribution in [-0.2, 0) is 28.5 Å². The first-order chi connectivity index (χ1) is 24.7. The van der Waals surface area contributed by atoms with E-state index in [-0.39, 0.29) is 41.6 Å². The molecule has 8 nitrogen and oxygen atoms in total. The second-order valence-electron chi connectivity index (χ2n) is 16.1. The van der Waals surface area contributed by atoms with Crippen LogP contribution in [0.1, 0.15) is 140 Å². The highest BCUT2D eigenvalue weighted by atomic mass is 16.7. The van der Waals surface area contributed by atoms with Gasteiger partial charge in [0.05, 0.1) is 23.0 Å². The molecule has 1 N–H and O–H groups in total. The molecule has 1 saturated carbocycles. The first kappa shape index (κ1) is 39.3. The third-order valence-corrected chi connectivity index (χ3v) is 11.8. The van der Waals surface area contributed by atoms with Crippen molar-refractivity contribution in [2.45, 2.75) is 149 Å². The number of esters is 3. The van der Waals surface area contributed by atoms with E-state index in [1.165, 1.54) is 16.5 Å². The molecule has 3 saturated heterocycles. The van der Waals surface area contributed by atoms with Gasteiger partial charge in [-0.2, -0.15) is 0 Å². The van der Waals surface area contributed by atoms with Crippen molar-refractivity contribution in [1.29, 1.82) is 0 Å². The van der Waals surface area contributed by atoms with Crippen molar-refractivity contribution in [2.24, 2.45) is 11.3 Å². The van der Waals surface area contributed by atoms with E-state index in [0.29, 0.717) is 36.0 Å². The molecule has 0 spiro atoms. The van der Waals surface area contributed by atoms with Gasteiger partial charge in [0, 0.05) is 0 Å². The van der Waals surface area contributed by atoms with Crippen molar-refractivity contribution in [3.8, 4) is 5.75 Å². The van der Waals surface area contributed by atoms with Gasteiger partial charge in [-0.05, 0) is 130 Å². The van der Waals surface area contributed by atoms with E-state index >= 15 is 0 Å². The minimum Gasteiger partial charge on any atom is -0.508 e. The van der Waals surface area contributed by atoms with Gasteiger partial charge in [0.15, 0.2) is 12.2 Å². The first-order valence-corrected chi connectivity index (χ1v) is 19.3. The fraction of sp³-hybridized carbons (Fsp3) is 0.568. The Morgan fingerprint density at radius 2 is 1.48 bits per heavy atom. The molecule has 4 fully saturated rings. The van der Waals surface area contributed by atoms with Crippen LogP contribution < -0.4 is 0 Å². The lowest BCUT2D eigenvalue weighted by Gasteiger charge is -2.27. The summed E-state index contributed by atoms with van der Waals surface area (Å²) in [5.74, 6) is 0.695. The van der Waals surface area contributed by atoms with E-state index in [2.05, 4.69) is 45.9 Å². The van der Waals surface area contributed by atoms with Crippen molar-refractivity contribution in [3.05, 3.63) is 77.4 Å². The van der Waals surface area contributed by atoms with Crippen molar-refractivity contribution >= 4 is 28.7 Å². The normalized spacial score (nSPS) is 24.9. The Labute approximate surface area is 309 Å². The molecule has 3 aliphatic heterocycles. The van der Waals surface area contributed by atoms with Gasteiger partial charge < -0.3 is 24.1 Å². The van der Waals surface area contributed by atoms with E-state index in [0.717, 1.165) is 43.9 Å². The zero-order valence-electron chi connectivity index (χ0n) is 32.3. The van der Waals surface area contributed by atoms with Gasteiger partial charge >= 0.3 is 17.9 Å². The highest BCUT2D eigenvalue weighted by Crippen LogP contribution is 2.48. The van der Waals surface area contributed by atoms with Crippen molar-refractivity contribution in [3.63, 3.8) is 0 Å². The summed E-state index contributed by atoms with van der Waals surface area (Å²) < 4.78 is 22.1. The molecule has 3 aromatic rings. The van der Waals surface area contributed by atoms with Gasteiger partial charge in [0.25, 0.3) is 0 Å². The number of carbonyl (C=O) groups is 3. The molecule has 7 atom stereocenters. The molecule has 0 radical (unpaired) electrons. The topological polar surface area (TPSA) is 108 Å². The van der Waals surface area contributed by atoms with Crippen LogP contribution >= 0.6 is 0 Å². The van der Waals surface area contributed by atoms with Crippen molar-refractivity contribution < 1.29 is 38.4 Å². The quantitative estimate of drug-likeness (QED) is 0.172. The summed E-state index contributed by atoms with van der Waals surface area (Å²) in [6.45, 7) is 16.5. The van der Waals surface area contributed by atoms with E-state index in [4.69, 9.17) is 18.9 Å². The molecule has 1 aliphatic carbocycles. The van der Waals surface area contributed by atoms with Crippen LogP contribution in [0.2, 0.25) is 0 Å². The number of phenols is 1. The van der Waals surface area contributed by atoms with E-state index in [9.17, 15) is 19.5 Å². The molecule has 0 aromatic heterocycles. The van der Waals surface area contributed by atoms with Crippen LogP contribution in [0.3, 0.4) is 0 Å². The van der Waals surface area contributed by atoms with Gasteiger partial charge in [-0.1, -0.05) is 71.0 Å². The molecular formula is C44H58O8. The fourth-order valence-electron chi connectivity index (χ4n) is 7.29. The van der Waals surface area contributed by atoms with E-state index < -0.39 is 17.6 Å². The summed E-state index contributed by atoms with van der Waals surface area (Å²) >= 11 is 0. The van der Waals surface area contributed by atoms with Crippen LogP contribution in [0.15, 0.2) is 60.7 Å². The molecule has 52 heavy (non-hydrogen) atoms. The van der Waals surface area contributed by atoms with E-state index in [1.54, 1.807) is 12.1 Å². The van der Waals surface area contributed by atoms with Crippen LogP contribution in [0.5, 0.6) is 5.75 Å². The second kappa shape index (κ2) is 16.4. The highest BCUT2D eigenvalue weighted by molar-refractivity contribution is 5.89. The molecular weight excluding hydrogens is 656 g/mol. The number of hydrogen-bond acceptors (Lipinski definition) is 8. The smallest absolute Gasteiger partial charge is 0.338 e. The molecule has 7 unspecified atom stereocenters. The molecule has 7 rings (SSSR count). The lowest BCUT2D eigenvalue weighted by molar-refractivity contribution is -0.169. The summed E-state index contributed by atoms with van der Waals surface area (Å²) in [7, 11) is 0. The van der Waals surface area contributed by atoms with Crippen molar-refractivity contribution in [2.75, 3.05) is 0 Å². The fourth-order valence-corrected chi connectivity index (χ4v) is 7.29. The Hall–Kier alpha value is -3.91. The zero-order valence-corrected chi connectivity index (χ0v) is 32.3. The summed E-state index contributed by atoms with van der Waals surface area (Å²) in [6.07, 6.45) is 6.71. The summed E-state index contributed by atoms with van der Waals surface area (Å²) in [5.41, 5.74) is 2.57. The standard InChI is InChI=1S/C17H24O2.C14H16O.C13H18O5/c1-4-13(2)14-7-9-15(10-8-14)16(18)19-17(3)11-5-6-12-17;1-3-10(2)11-4-5-13-9-14(15)7-6-12(13)8-11;1-4-13(2,3)12(15)18-9-7-5-6-8(16-7)10(9)17-11(6)14/h7-10,13H,4-6,11-12H2,1-3H3;4-10,15H,3H2,1-2H3;6-10H,4-5H2,1-3H3. The van der Waals surface area contributed by atoms with Crippen LogP contribution in [-0.4, -0.2) is 53.0 Å². The molecule has 2 bridgehead atoms. The molecule has 3 aromatic carbocycles. The molecule has 8 heteroatoms. The predicted molar refractivity (Wildman–Crippen MR) is 202 cm³/mol. The van der Waals surface area contributed by atoms with E-state index in [1.807, 2.05) is 58.0 Å². The van der Waals surface area contributed by atoms with Crippen molar-refractivity contribution in [1.82, 2.24) is 0 Å². The average Bonchev–Trinajstić information content (AvgIpc) is 3.90. The summed E-state index contributed by atoms with van der Waals surface area (Å²) in [4.78, 5) is 35.7. The number of phenolic OH excluding ortho intramolecular Hbond substituents is 1. The van der Waals surface area contributed by atoms with Gasteiger partial charge in [0.2, 0.25) is 0 Å². The van der Waals surface area contributed by atoms with Crippen LogP contribution in [0.4, 0.5) is 0 Å². The zero-order chi connectivity index (χ0) is 37.8. The van der Waals surface area contributed by atoms with Gasteiger partial charge in [-0.15, -0.1) is 0 Å². The summed E-state index contributed by atoms with van der Waals surface area (Å²) in [5, 5.41) is 11.7. The third kappa shape index (κ3) is 8.82. The summed E-state index contributed by atoms with van der Waals surface area (Å²) in [6, 6.07) is 19.8. The molecule has 3 heterocycles. The average molecular weight is 715 g/mol. The predicted octanol–water partition coefficient (Wildman–Crippen LogP) is 9.80. The Balaban J connectivity index is 0.000000152. The largest absolute Gasteiger partial charge is 0.508 e. The minimum absolute atomic E-state index is 0.144. The maximum Gasteiger partial charge on any atom is 0.338 e. The SMILES string of the molecule is CCC(C)(C)C(=O)OC1C2CC3C(=O)OC1C3O2.CCC(C)c1ccc(C(=O)OC2(C)CCCC2)cc1.CCC(C)c1ccc2cc(O)ccc2c1. The number of aromatic hydroxyl groups is 1. The van der Waals surface area contributed by atoms with Gasteiger partial charge in [0.1, 0.15) is 17.5 Å². The number of fused-ring (bicyclic) bond motifs is 2. The Kier molecular flexibility index (Phi) is 12.4. The number of carbonyl (C=O) groups excluding carboxylic acids is 3. The minimum atomic E-state index is -0.510. The van der Waals surface area contributed by atoms with Crippen LogP contribution in [0.25, 0.3) is 10.8 Å². The number of rotatable bonds is 9. The lowest BCUT2D eigenvalue weighted by Crippen LogP contribution is -2.42.